The maximum Gasteiger partial charge on any atom is 0.264 e. The second-order valence-electron chi connectivity index (χ2n) is 5.07. The Morgan fingerprint density at radius 1 is 1.08 bits per heavy atom. The molecule has 3 aromatic rings. The van der Waals surface area contributed by atoms with E-state index in [2.05, 4.69) is 14.9 Å². The Balaban J connectivity index is 1.66. The molecule has 0 aliphatic rings. The molecule has 0 unspecified atom stereocenters. The fraction of sp³-hybridized carbons (Fsp3) is 0.125. The molecule has 24 heavy (non-hydrogen) atoms. The highest BCUT2D eigenvalue weighted by atomic mass is 32.2. The van der Waals surface area contributed by atoms with Gasteiger partial charge in [0.15, 0.2) is 6.61 Å². The zero-order chi connectivity index (χ0) is 17.0. The molecule has 0 radical (unpaired) electrons. The van der Waals surface area contributed by atoms with Gasteiger partial charge in [-0.1, -0.05) is 23.4 Å². The largest absolute Gasteiger partial charge is 0.484 e. The molecule has 0 aliphatic heterocycles. The van der Waals surface area contributed by atoms with Crippen molar-refractivity contribution in [3.8, 4) is 17.1 Å². The Kier molecular flexibility index (Phi) is 4.48. The van der Waals surface area contributed by atoms with Gasteiger partial charge in [0.2, 0.25) is 15.8 Å². The van der Waals surface area contributed by atoms with E-state index < -0.39 is 10.0 Å². The summed E-state index contributed by atoms with van der Waals surface area (Å²) < 4.78 is 35.5. The smallest absolute Gasteiger partial charge is 0.264 e. The van der Waals surface area contributed by atoms with Crippen molar-refractivity contribution in [2.75, 3.05) is 11.0 Å². The average molecular weight is 345 g/mol. The van der Waals surface area contributed by atoms with Gasteiger partial charge < -0.3 is 9.26 Å². The monoisotopic (exact) mass is 345 g/mol. The molecule has 1 heterocycles. The summed E-state index contributed by atoms with van der Waals surface area (Å²) in [6.07, 6.45) is 1.10. The minimum atomic E-state index is -3.30. The molecule has 0 saturated carbocycles. The number of aromatic nitrogens is 2. The van der Waals surface area contributed by atoms with Crippen LogP contribution in [-0.4, -0.2) is 24.8 Å². The summed E-state index contributed by atoms with van der Waals surface area (Å²) in [7, 11) is -3.30. The molecule has 0 atom stereocenters. The number of hydrogen-bond donors (Lipinski definition) is 1. The molecule has 124 valence electrons. The summed E-state index contributed by atoms with van der Waals surface area (Å²) in [5.41, 5.74) is 1.18. The second kappa shape index (κ2) is 6.71. The number of anilines is 1. The normalized spacial score (nSPS) is 11.2. The molecule has 0 saturated heterocycles. The molecule has 7 nitrogen and oxygen atoms in total. The fourth-order valence-corrected chi connectivity index (χ4v) is 2.56. The van der Waals surface area contributed by atoms with E-state index in [1.807, 2.05) is 30.3 Å². The molecule has 1 N–H and O–H groups in total. The standard InChI is InChI=1S/C16H15N3O4S/c1-24(20,21)19-13-9-7-12(8-10-13)16-17-15(23-18-16)11-22-14-5-3-2-4-6-14/h2-10,19H,11H2,1H3. The molecule has 0 aliphatic carbocycles. The summed E-state index contributed by atoms with van der Waals surface area (Å²) in [5.74, 6) is 1.48. The van der Waals surface area contributed by atoms with E-state index in [0.717, 1.165) is 6.26 Å². The van der Waals surface area contributed by atoms with E-state index in [4.69, 9.17) is 9.26 Å². The topological polar surface area (TPSA) is 94.3 Å². The van der Waals surface area contributed by atoms with Gasteiger partial charge in [0.25, 0.3) is 5.89 Å². The Morgan fingerprint density at radius 2 is 1.79 bits per heavy atom. The lowest BCUT2D eigenvalue weighted by molar-refractivity contribution is 0.243. The quantitative estimate of drug-likeness (QED) is 0.738. The van der Waals surface area contributed by atoms with Crippen LogP contribution in [0.4, 0.5) is 5.69 Å². The summed E-state index contributed by atoms with van der Waals surface area (Å²) in [6.45, 7) is 0.171. The van der Waals surface area contributed by atoms with Gasteiger partial charge in [-0.3, -0.25) is 4.72 Å². The minimum Gasteiger partial charge on any atom is -0.484 e. The van der Waals surface area contributed by atoms with Crippen molar-refractivity contribution in [3.05, 3.63) is 60.5 Å². The van der Waals surface area contributed by atoms with Crippen molar-refractivity contribution in [2.45, 2.75) is 6.61 Å². The molecule has 0 spiro atoms. The number of benzene rings is 2. The van der Waals surface area contributed by atoms with Crippen molar-refractivity contribution in [2.24, 2.45) is 0 Å². The maximum absolute atomic E-state index is 11.2. The van der Waals surface area contributed by atoms with Crippen LogP contribution in [0.5, 0.6) is 5.75 Å². The molecule has 1 aromatic heterocycles. The molecule has 0 bridgehead atoms. The number of sulfonamides is 1. The molecule has 0 amide bonds. The predicted octanol–water partition coefficient (Wildman–Crippen LogP) is 2.69. The zero-order valence-corrected chi connectivity index (χ0v) is 13.7. The van der Waals surface area contributed by atoms with Crippen molar-refractivity contribution < 1.29 is 17.7 Å². The van der Waals surface area contributed by atoms with Gasteiger partial charge in [0, 0.05) is 11.3 Å². The lowest BCUT2D eigenvalue weighted by atomic mass is 10.2. The van der Waals surface area contributed by atoms with Crippen molar-refractivity contribution >= 4 is 15.7 Å². The molecule has 0 fully saturated rings. The third-order valence-electron chi connectivity index (χ3n) is 3.02. The summed E-state index contributed by atoms with van der Waals surface area (Å²) in [6, 6.07) is 16.0. The summed E-state index contributed by atoms with van der Waals surface area (Å²) >= 11 is 0. The fourth-order valence-electron chi connectivity index (χ4n) is 1.99. The van der Waals surface area contributed by atoms with Crippen LogP contribution in [0.2, 0.25) is 0 Å². The first-order valence-electron chi connectivity index (χ1n) is 7.08. The highest BCUT2D eigenvalue weighted by Gasteiger charge is 2.10. The van der Waals surface area contributed by atoms with Gasteiger partial charge >= 0.3 is 0 Å². The Bertz CT molecular complexity index is 906. The van der Waals surface area contributed by atoms with Crippen molar-refractivity contribution in [1.82, 2.24) is 10.1 Å². The first-order valence-corrected chi connectivity index (χ1v) is 8.97. The van der Waals surface area contributed by atoms with Crippen LogP contribution in [0.1, 0.15) is 5.89 Å². The SMILES string of the molecule is CS(=O)(=O)Nc1ccc(-c2noc(COc3ccccc3)n2)cc1. The third-order valence-corrected chi connectivity index (χ3v) is 3.63. The summed E-state index contributed by atoms with van der Waals surface area (Å²) in [5, 5.41) is 3.90. The number of para-hydroxylation sites is 1. The number of ether oxygens (including phenoxy) is 1. The van der Waals surface area contributed by atoms with Crippen molar-refractivity contribution in [3.63, 3.8) is 0 Å². The highest BCUT2D eigenvalue weighted by molar-refractivity contribution is 7.92. The van der Waals surface area contributed by atoms with Crippen LogP contribution in [-0.2, 0) is 16.6 Å². The predicted molar refractivity (Wildman–Crippen MR) is 89.0 cm³/mol. The van der Waals surface area contributed by atoms with Crippen LogP contribution < -0.4 is 9.46 Å². The van der Waals surface area contributed by atoms with E-state index in [0.29, 0.717) is 28.7 Å². The second-order valence-corrected chi connectivity index (χ2v) is 6.81. The number of nitrogens with one attached hydrogen (secondary N) is 1. The van der Waals surface area contributed by atoms with E-state index in [-0.39, 0.29) is 6.61 Å². The summed E-state index contributed by atoms with van der Waals surface area (Å²) in [4.78, 5) is 4.26. The first-order chi connectivity index (χ1) is 11.5. The van der Waals surface area contributed by atoms with Crippen LogP contribution in [0, 0.1) is 0 Å². The Morgan fingerprint density at radius 3 is 2.46 bits per heavy atom. The number of nitrogens with zero attached hydrogens (tertiary/aromatic N) is 2. The Labute approximate surface area is 139 Å². The van der Waals surface area contributed by atoms with Gasteiger partial charge in [0.05, 0.1) is 6.26 Å². The number of rotatable bonds is 6. The van der Waals surface area contributed by atoms with Gasteiger partial charge in [-0.25, -0.2) is 8.42 Å². The van der Waals surface area contributed by atoms with Crippen LogP contribution in [0.15, 0.2) is 59.1 Å². The van der Waals surface area contributed by atoms with E-state index in [1.54, 1.807) is 24.3 Å². The number of hydrogen-bond acceptors (Lipinski definition) is 6. The van der Waals surface area contributed by atoms with Crippen LogP contribution >= 0.6 is 0 Å². The molecule has 3 rings (SSSR count). The van der Waals surface area contributed by atoms with E-state index in [1.165, 1.54) is 0 Å². The van der Waals surface area contributed by atoms with Crippen molar-refractivity contribution in [1.29, 1.82) is 0 Å². The van der Waals surface area contributed by atoms with Crippen LogP contribution in [0.3, 0.4) is 0 Å². The Hall–Kier alpha value is -2.87. The van der Waals surface area contributed by atoms with Gasteiger partial charge in [-0.2, -0.15) is 4.98 Å². The third kappa shape index (κ3) is 4.32. The molecular weight excluding hydrogens is 330 g/mol. The van der Waals surface area contributed by atoms with Crippen LogP contribution in [0.25, 0.3) is 11.4 Å². The average Bonchev–Trinajstić information content (AvgIpc) is 3.02. The van der Waals surface area contributed by atoms with Gasteiger partial charge in [-0.05, 0) is 36.4 Å². The van der Waals surface area contributed by atoms with E-state index in [9.17, 15) is 8.42 Å². The minimum absolute atomic E-state index is 0.171. The lowest BCUT2D eigenvalue weighted by Crippen LogP contribution is -2.09. The molecule has 8 heteroatoms. The lowest BCUT2D eigenvalue weighted by Gasteiger charge is -2.03. The van der Waals surface area contributed by atoms with E-state index >= 15 is 0 Å². The first kappa shape index (κ1) is 16.0. The van der Waals surface area contributed by atoms with Gasteiger partial charge in [-0.15, -0.1) is 0 Å². The van der Waals surface area contributed by atoms with Gasteiger partial charge in [0.1, 0.15) is 5.75 Å². The zero-order valence-electron chi connectivity index (χ0n) is 12.8. The maximum atomic E-state index is 11.2. The highest BCUT2D eigenvalue weighted by Crippen LogP contribution is 2.20. The molecule has 2 aromatic carbocycles. The molecular formula is C16H15N3O4S.